The number of carbonyl (C=O) groups is 3. The Balaban J connectivity index is 1.63. The van der Waals surface area contributed by atoms with Crippen molar-refractivity contribution in [1.82, 2.24) is 4.98 Å². The second-order valence-corrected chi connectivity index (χ2v) is 6.49. The molecule has 0 spiro atoms. The van der Waals surface area contributed by atoms with Crippen LogP contribution in [0.5, 0.6) is 0 Å². The van der Waals surface area contributed by atoms with E-state index in [9.17, 15) is 14.4 Å². The maximum absolute atomic E-state index is 12.2. The largest absolute Gasteiger partial charge is 0.451 e. The number of hydrogen-bond donors (Lipinski definition) is 2. The van der Waals surface area contributed by atoms with Crippen LogP contribution in [0.2, 0.25) is 0 Å². The molecule has 6 heteroatoms. The molecule has 0 aliphatic rings. The van der Waals surface area contributed by atoms with Crippen LogP contribution in [0.1, 0.15) is 38.9 Å². The van der Waals surface area contributed by atoms with Gasteiger partial charge in [-0.15, -0.1) is 0 Å². The number of fused-ring (bicyclic) bond motifs is 1. The molecule has 2 N–H and O–H groups in total. The van der Waals surface area contributed by atoms with Crippen LogP contribution in [-0.4, -0.2) is 29.3 Å². The standard InChI is InChI=1S/C21H20N2O4/c1-12-7-13(2)17-10-19(23-18(17)8-12)21(26)27-11-20(25)22-16-6-4-5-15(9-16)14(3)24/h4-10,23H,11H2,1-3H3,(H,22,25). The van der Waals surface area contributed by atoms with Gasteiger partial charge in [-0.3, -0.25) is 9.59 Å². The van der Waals surface area contributed by atoms with Gasteiger partial charge in [-0.2, -0.15) is 0 Å². The highest BCUT2D eigenvalue weighted by Crippen LogP contribution is 2.21. The first-order valence-electron chi connectivity index (χ1n) is 8.51. The summed E-state index contributed by atoms with van der Waals surface area (Å²) in [6, 6.07) is 12.3. The summed E-state index contributed by atoms with van der Waals surface area (Å²) in [4.78, 5) is 38.7. The maximum atomic E-state index is 12.2. The first-order valence-corrected chi connectivity index (χ1v) is 8.51. The zero-order chi connectivity index (χ0) is 19.6. The van der Waals surface area contributed by atoms with Gasteiger partial charge in [0.2, 0.25) is 0 Å². The van der Waals surface area contributed by atoms with Crippen LogP contribution in [-0.2, 0) is 9.53 Å². The number of aryl methyl sites for hydroxylation is 2. The summed E-state index contributed by atoms with van der Waals surface area (Å²) in [5.74, 6) is -1.18. The Hall–Kier alpha value is -3.41. The number of esters is 1. The molecule has 0 bridgehead atoms. The summed E-state index contributed by atoms with van der Waals surface area (Å²) in [7, 11) is 0. The number of carbonyl (C=O) groups excluding carboxylic acids is 3. The number of Topliss-reactive ketones (excluding diaryl/α,β-unsaturated/α-hetero) is 1. The van der Waals surface area contributed by atoms with Gasteiger partial charge < -0.3 is 15.0 Å². The number of aromatic amines is 1. The molecule has 0 saturated carbocycles. The molecule has 0 fully saturated rings. The van der Waals surface area contributed by atoms with E-state index in [2.05, 4.69) is 10.3 Å². The summed E-state index contributed by atoms with van der Waals surface area (Å²) in [5.41, 5.74) is 4.27. The van der Waals surface area contributed by atoms with Crippen LogP contribution in [0, 0.1) is 13.8 Å². The highest BCUT2D eigenvalue weighted by atomic mass is 16.5. The minimum absolute atomic E-state index is 0.0955. The molecule has 1 amide bonds. The van der Waals surface area contributed by atoms with Crippen LogP contribution in [0.4, 0.5) is 5.69 Å². The first-order chi connectivity index (χ1) is 12.8. The Kier molecular flexibility index (Phi) is 5.07. The molecule has 0 aliphatic heterocycles. The van der Waals surface area contributed by atoms with E-state index in [4.69, 9.17) is 4.74 Å². The lowest BCUT2D eigenvalue weighted by Gasteiger charge is -2.07. The van der Waals surface area contributed by atoms with Gasteiger partial charge in [-0.25, -0.2) is 4.79 Å². The lowest BCUT2D eigenvalue weighted by atomic mass is 10.1. The smallest absolute Gasteiger partial charge is 0.355 e. The number of ether oxygens (including phenoxy) is 1. The number of H-pyrrole nitrogens is 1. The van der Waals surface area contributed by atoms with Gasteiger partial charge in [-0.05, 0) is 56.2 Å². The molecule has 3 aromatic rings. The average molecular weight is 364 g/mol. The monoisotopic (exact) mass is 364 g/mol. The van der Waals surface area contributed by atoms with Gasteiger partial charge >= 0.3 is 5.97 Å². The topological polar surface area (TPSA) is 88.3 Å². The first kappa shape index (κ1) is 18.4. The van der Waals surface area contributed by atoms with Crippen molar-refractivity contribution in [3.8, 4) is 0 Å². The molecule has 0 aliphatic carbocycles. The number of amides is 1. The summed E-state index contributed by atoms with van der Waals surface area (Å²) in [6.45, 7) is 4.99. The number of benzene rings is 2. The average Bonchev–Trinajstić information content (AvgIpc) is 3.04. The lowest BCUT2D eigenvalue weighted by Crippen LogP contribution is -2.21. The van der Waals surface area contributed by atoms with E-state index in [0.29, 0.717) is 16.9 Å². The van der Waals surface area contributed by atoms with Gasteiger partial charge in [0.25, 0.3) is 5.91 Å². The predicted octanol–water partition coefficient (Wildman–Crippen LogP) is 3.78. The van der Waals surface area contributed by atoms with Crippen molar-refractivity contribution in [2.24, 2.45) is 0 Å². The van der Waals surface area contributed by atoms with Gasteiger partial charge in [0.05, 0.1) is 0 Å². The van der Waals surface area contributed by atoms with Crippen LogP contribution in [0.25, 0.3) is 10.9 Å². The van der Waals surface area contributed by atoms with Crippen molar-refractivity contribution in [1.29, 1.82) is 0 Å². The van der Waals surface area contributed by atoms with Crippen molar-refractivity contribution in [3.05, 3.63) is 64.8 Å². The van der Waals surface area contributed by atoms with Gasteiger partial charge in [0, 0.05) is 22.2 Å². The molecule has 138 valence electrons. The molecule has 6 nitrogen and oxygen atoms in total. The predicted molar refractivity (Wildman–Crippen MR) is 103 cm³/mol. The minimum atomic E-state index is -0.601. The lowest BCUT2D eigenvalue weighted by molar-refractivity contribution is -0.119. The molecule has 1 heterocycles. The zero-order valence-electron chi connectivity index (χ0n) is 15.4. The van der Waals surface area contributed by atoms with Crippen LogP contribution >= 0.6 is 0 Å². The minimum Gasteiger partial charge on any atom is -0.451 e. The van der Waals surface area contributed by atoms with Crippen LogP contribution < -0.4 is 5.32 Å². The van der Waals surface area contributed by atoms with Gasteiger partial charge in [0.15, 0.2) is 12.4 Å². The van der Waals surface area contributed by atoms with Crippen molar-refractivity contribution in [2.45, 2.75) is 20.8 Å². The van der Waals surface area contributed by atoms with Crippen molar-refractivity contribution < 1.29 is 19.1 Å². The van der Waals surface area contributed by atoms with Crippen molar-refractivity contribution in [2.75, 3.05) is 11.9 Å². The highest BCUT2D eigenvalue weighted by Gasteiger charge is 2.14. The van der Waals surface area contributed by atoms with Crippen LogP contribution in [0.15, 0.2) is 42.5 Å². The normalized spacial score (nSPS) is 10.6. The fourth-order valence-corrected chi connectivity index (χ4v) is 2.93. The SMILES string of the molecule is CC(=O)c1cccc(NC(=O)COC(=O)c2cc3c(C)cc(C)cc3[nH]2)c1. The maximum Gasteiger partial charge on any atom is 0.355 e. The van der Waals surface area contributed by atoms with E-state index in [1.807, 2.05) is 26.0 Å². The molecule has 0 atom stereocenters. The molecule has 2 aromatic carbocycles. The van der Waals surface area contributed by atoms with E-state index in [0.717, 1.165) is 22.0 Å². The van der Waals surface area contributed by atoms with Crippen LogP contribution in [0.3, 0.4) is 0 Å². The fraction of sp³-hybridized carbons (Fsp3) is 0.190. The third-order valence-corrected chi connectivity index (χ3v) is 4.20. The van der Waals surface area contributed by atoms with E-state index in [-0.39, 0.29) is 5.78 Å². The number of nitrogens with one attached hydrogen (secondary N) is 2. The van der Waals surface area contributed by atoms with Gasteiger partial charge in [-0.1, -0.05) is 18.2 Å². The molecular weight excluding hydrogens is 344 g/mol. The number of ketones is 1. The Morgan fingerprint density at radius 3 is 2.59 bits per heavy atom. The molecular formula is C21H20N2O4. The fourth-order valence-electron chi connectivity index (χ4n) is 2.93. The molecule has 3 rings (SSSR count). The Morgan fingerprint density at radius 1 is 1.07 bits per heavy atom. The van der Waals surface area contributed by atoms with Gasteiger partial charge in [0.1, 0.15) is 5.69 Å². The van der Waals surface area contributed by atoms with E-state index in [1.165, 1.54) is 6.92 Å². The Labute approximate surface area is 156 Å². The van der Waals surface area contributed by atoms with E-state index in [1.54, 1.807) is 30.3 Å². The number of aromatic nitrogens is 1. The van der Waals surface area contributed by atoms with Crippen molar-refractivity contribution >= 4 is 34.3 Å². The second-order valence-electron chi connectivity index (χ2n) is 6.49. The second kappa shape index (κ2) is 7.45. The summed E-state index contributed by atoms with van der Waals surface area (Å²) < 4.78 is 5.09. The quantitative estimate of drug-likeness (QED) is 0.533. The molecule has 0 unspecified atom stereocenters. The highest BCUT2D eigenvalue weighted by molar-refractivity contribution is 5.99. The third kappa shape index (κ3) is 4.23. The summed E-state index contributed by atoms with van der Waals surface area (Å²) >= 11 is 0. The third-order valence-electron chi connectivity index (χ3n) is 4.20. The molecule has 1 aromatic heterocycles. The Morgan fingerprint density at radius 2 is 1.85 bits per heavy atom. The summed E-state index contributed by atoms with van der Waals surface area (Å²) in [6.07, 6.45) is 0. The van der Waals surface area contributed by atoms with E-state index < -0.39 is 18.5 Å². The molecule has 0 radical (unpaired) electrons. The molecule has 0 saturated heterocycles. The number of rotatable bonds is 5. The zero-order valence-corrected chi connectivity index (χ0v) is 15.4. The number of hydrogen-bond acceptors (Lipinski definition) is 4. The van der Waals surface area contributed by atoms with Crippen molar-refractivity contribution in [3.63, 3.8) is 0 Å². The van der Waals surface area contributed by atoms with E-state index >= 15 is 0 Å². The summed E-state index contributed by atoms with van der Waals surface area (Å²) in [5, 5.41) is 3.55. The Bertz CT molecular complexity index is 1050. The number of anilines is 1. The molecule has 27 heavy (non-hydrogen) atoms.